The second kappa shape index (κ2) is 6.93. The summed E-state index contributed by atoms with van der Waals surface area (Å²) in [6, 6.07) is 14.0. The SMILES string of the molecule is N#CCCN(Cc1ccco1)C(=O)c1ccc(C#N)cc1. The second-order valence-corrected chi connectivity index (χ2v) is 4.40. The lowest BCUT2D eigenvalue weighted by molar-refractivity contribution is 0.0735. The van der Waals surface area contributed by atoms with E-state index in [0.717, 1.165) is 0 Å². The molecule has 5 heteroatoms. The van der Waals surface area contributed by atoms with E-state index in [1.54, 1.807) is 47.6 Å². The lowest BCUT2D eigenvalue weighted by Gasteiger charge is -2.20. The Morgan fingerprint density at radius 1 is 1.19 bits per heavy atom. The molecular weight excluding hydrogens is 266 g/mol. The number of nitriles is 2. The molecule has 0 bridgehead atoms. The van der Waals surface area contributed by atoms with Crippen LogP contribution in [0.25, 0.3) is 0 Å². The molecule has 0 saturated carbocycles. The van der Waals surface area contributed by atoms with E-state index in [1.807, 2.05) is 12.1 Å². The van der Waals surface area contributed by atoms with Gasteiger partial charge in [-0.3, -0.25) is 4.79 Å². The zero-order valence-corrected chi connectivity index (χ0v) is 11.3. The van der Waals surface area contributed by atoms with E-state index >= 15 is 0 Å². The van der Waals surface area contributed by atoms with E-state index in [1.165, 1.54) is 0 Å². The molecule has 1 heterocycles. The first-order chi connectivity index (χ1) is 10.2. The average molecular weight is 279 g/mol. The normalized spacial score (nSPS) is 9.62. The third kappa shape index (κ3) is 3.71. The molecule has 2 rings (SSSR count). The molecule has 1 amide bonds. The maximum Gasteiger partial charge on any atom is 0.254 e. The summed E-state index contributed by atoms with van der Waals surface area (Å²) >= 11 is 0. The molecule has 0 atom stereocenters. The van der Waals surface area contributed by atoms with E-state index in [2.05, 4.69) is 0 Å². The third-order valence-electron chi connectivity index (χ3n) is 2.97. The van der Waals surface area contributed by atoms with Gasteiger partial charge in [-0.15, -0.1) is 0 Å². The molecule has 0 aliphatic carbocycles. The Morgan fingerprint density at radius 2 is 1.95 bits per heavy atom. The van der Waals surface area contributed by atoms with Gasteiger partial charge in [0.2, 0.25) is 0 Å². The highest BCUT2D eigenvalue weighted by molar-refractivity contribution is 5.94. The zero-order valence-electron chi connectivity index (χ0n) is 11.3. The van der Waals surface area contributed by atoms with Crippen LogP contribution >= 0.6 is 0 Å². The molecule has 104 valence electrons. The van der Waals surface area contributed by atoms with Crippen molar-refractivity contribution in [3.8, 4) is 12.1 Å². The topological polar surface area (TPSA) is 81.0 Å². The van der Waals surface area contributed by atoms with Gasteiger partial charge in [0.25, 0.3) is 5.91 Å². The Bertz CT molecular complexity index is 676. The van der Waals surface area contributed by atoms with Crippen LogP contribution in [0.4, 0.5) is 0 Å². The van der Waals surface area contributed by atoms with Crippen LogP contribution in [0, 0.1) is 22.7 Å². The highest BCUT2D eigenvalue weighted by atomic mass is 16.3. The van der Waals surface area contributed by atoms with Crippen LogP contribution in [0.2, 0.25) is 0 Å². The van der Waals surface area contributed by atoms with Gasteiger partial charge in [-0.25, -0.2) is 0 Å². The van der Waals surface area contributed by atoms with Gasteiger partial charge in [-0.05, 0) is 36.4 Å². The van der Waals surface area contributed by atoms with E-state index in [0.29, 0.717) is 30.0 Å². The van der Waals surface area contributed by atoms with Gasteiger partial charge in [0.15, 0.2) is 0 Å². The minimum atomic E-state index is -0.189. The largest absolute Gasteiger partial charge is 0.467 e. The van der Waals surface area contributed by atoms with Crippen molar-refractivity contribution in [3.05, 3.63) is 59.5 Å². The number of rotatable bonds is 5. The van der Waals surface area contributed by atoms with Crippen LogP contribution in [0.3, 0.4) is 0 Å². The van der Waals surface area contributed by atoms with Crippen LogP contribution < -0.4 is 0 Å². The minimum absolute atomic E-state index is 0.189. The highest BCUT2D eigenvalue weighted by Crippen LogP contribution is 2.12. The Balaban J connectivity index is 2.16. The van der Waals surface area contributed by atoms with Crippen LogP contribution in [-0.4, -0.2) is 17.4 Å². The molecule has 0 fully saturated rings. The first-order valence-corrected chi connectivity index (χ1v) is 6.43. The number of furan rings is 1. The van der Waals surface area contributed by atoms with Crippen molar-refractivity contribution in [2.45, 2.75) is 13.0 Å². The number of amides is 1. The first kappa shape index (κ1) is 14.4. The number of hydrogen-bond donors (Lipinski definition) is 0. The van der Waals surface area contributed by atoms with E-state index < -0.39 is 0 Å². The summed E-state index contributed by atoms with van der Waals surface area (Å²) in [5, 5.41) is 17.5. The fraction of sp³-hybridized carbons (Fsp3) is 0.188. The fourth-order valence-corrected chi connectivity index (χ4v) is 1.90. The summed E-state index contributed by atoms with van der Waals surface area (Å²) in [7, 11) is 0. The molecule has 5 nitrogen and oxygen atoms in total. The molecule has 2 aromatic rings. The number of nitrogens with zero attached hydrogens (tertiary/aromatic N) is 3. The fourth-order valence-electron chi connectivity index (χ4n) is 1.90. The van der Waals surface area contributed by atoms with Crippen LogP contribution in [-0.2, 0) is 6.54 Å². The number of benzene rings is 1. The maximum atomic E-state index is 12.5. The summed E-state index contributed by atoms with van der Waals surface area (Å²) < 4.78 is 5.25. The number of hydrogen-bond acceptors (Lipinski definition) is 4. The van der Waals surface area contributed by atoms with Crippen molar-refractivity contribution in [3.63, 3.8) is 0 Å². The predicted molar refractivity (Wildman–Crippen MR) is 74.8 cm³/mol. The van der Waals surface area contributed by atoms with Crippen molar-refractivity contribution in [2.24, 2.45) is 0 Å². The van der Waals surface area contributed by atoms with Gasteiger partial charge < -0.3 is 9.32 Å². The monoisotopic (exact) mass is 279 g/mol. The molecule has 0 radical (unpaired) electrons. The highest BCUT2D eigenvalue weighted by Gasteiger charge is 2.17. The van der Waals surface area contributed by atoms with Crippen LogP contribution in [0.1, 0.15) is 28.1 Å². The van der Waals surface area contributed by atoms with Gasteiger partial charge in [-0.2, -0.15) is 10.5 Å². The van der Waals surface area contributed by atoms with Crippen molar-refractivity contribution < 1.29 is 9.21 Å². The molecule has 0 aliphatic heterocycles. The third-order valence-corrected chi connectivity index (χ3v) is 2.97. The molecule has 0 aliphatic rings. The Hall–Kier alpha value is -3.05. The smallest absolute Gasteiger partial charge is 0.254 e. The summed E-state index contributed by atoms with van der Waals surface area (Å²) in [6.07, 6.45) is 1.80. The maximum absolute atomic E-state index is 12.5. The zero-order chi connectivity index (χ0) is 15.1. The molecule has 0 unspecified atom stereocenters. The quantitative estimate of drug-likeness (QED) is 0.842. The summed E-state index contributed by atoms with van der Waals surface area (Å²) in [5.41, 5.74) is 0.986. The number of carbonyl (C=O) groups excluding carboxylic acids is 1. The molecule has 1 aromatic heterocycles. The van der Waals surface area contributed by atoms with Gasteiger partial charge in [-0.1, -0.05) is 0 Å². The van der Waals surface area contributed by atoms with E-state index in [-0.39, 0.29) is 12.3 Å². The van der Waals surface area contributed by atoms with Crippen molar-refractivity contribution in [1.82, 2.24) is 4.90 Å². The van der Waals surface area contributed by atoms with Crippen LogP contribution in [0.15, 0.2) is 47.1 Å². The Morgan fingerprint density at radius 3 is 2.52 bits per heavy atom. The van der Waals surface area contributed by atoms with Crippen LogP contribution in [0.5, 0.6) is 0 Å². The van der Waals surface area contributed by atoms with E-state index in [4.69, 9.17) is 14.9 Å². The molecular formula is C16H13N3O2. The standard InChI is InChI=1S/C16H13N3O2/c17-8-2-9-19(12-15-3-1-10-21-15)16(20)14-6-4-13(11-18)5-7-14/h1,3-7,10H,2,9,12H2. The molecule has 0 saturated heterocycles. The molecule has 1 aromatic carbocycles. The Kier molecular flexibility index (Phi) is 4.74. The molecule has 0 spiro atoms. The average Bonchev–Trinajstić information content (AvgIpc) is 3.04. The molecule has 21 heavy (non-hydrogen) atoms. The molecule has 0 N–H and O–H groups in total. The second-order valence-electron chi connectivity index (χ2n) is 4.40. The lowest BCUT2D eigenvalue weighted by Crippen LogP contribution is -2.31. The summed E-state index contributed by atoms with van der Waals surface area (Å²) in [4.78, 5) is 14.0. The van der Waals surface area contributed by atoms with E-state index in [9.17, 15) is 4.79 Å². The summed E-state index contributed by atoms with van der Waals surface area (Å²) in [6.45, 7) is 0.642. The predicted octanol–water partition coefficient (Wildman–Crippen LogP) is 2.71. The van der Waals surface area contributed by atoms with Gasteiger partial charge in [0.1, 0.15) is 5.76 Å². The van der Waals surface area contributed by atoms with Gasteiger partial charge in [0, 0.05) is 12.1 Å². The number of carbonyl (C=O) groups is 1. The first-order valence-electron chi connectivity index (χ1n) is 6.43. The van der Waals surface area contributed by atoms with Crippen molar-refractivity contribution in [2.75, 3.05) is 6.54 Å². The summed E-state index contributed by atoms with van der Waals surface area (Å²) in [5.74, 6) is 0.473. The van der Waals surface area contributed by atoms with Gasteiger partial charge in [0.05, 0.1) is 36.9 Å². The Labute approximate surface area is 122 Å². The van der Waals surface area contributed by atoms with Crippen molar-refractivity contribution >= 4 is 5.91 Å². The van der Waals surface area contributed by atoms with Crippen molar-refractivity contribution in [1.29, 1.82) is 10.5 Å². The van der Waals surface area contributed by atoms with Gasteiger partial charge >= 0.3 is 0 Å². The lowest BCUT2D eigenvalue weighted by atomic mass is 10.1. The minimum Gasteiger partial charge on any atom is -0.467 e.